The van der Waals surface area contributed by atoms with Crippen LogP contribution in [-0.2, 0) is 4.79 Å². The van der Waals surface area contributed by atoms with E-state index in [0.717, 1.165) is 11.4 Å². The molecule has 124 valence electrons. The number of carbonyl (C=O) groups excluding carboxylic acids is 1. The Morgan fingerprint density at radius 3 is 2.36 bits per heavy atom. The summed E-state index contributed by atoms with van der Waals surface area (Å²) < 4.78 is 5.08. The summed E-state index contributed by atoms with van der Waals surface area (Å²) >= 11 is 0. The van der Waals surface area contributed by atoms with E-state index in [4.69, 9.17) is 9.84 Å². The average molecular weight is 308 g/mol. The Balaban J connectivity index is 2.45. The number of aliphatic hydroxyl groups excluding tert-OH is 1. The predicted molar refractivity (Wildman–Crippen MR) is 89.2 cm³/mol. The molecule has 0 aromatic heterocycles. The number of anilines is 1. The summed E-state index contributed by atoms with van der Waals surface area (Å²) in [5.41, 5.74) is 0.758. The highest BCUT2D eigenvalue weighted by molar-refractivity contribution is 5.91. The minimum absolute atomic E-state index is 0.0309. The Morgan fingerprint density at radius 2 is 1.86 bits per heavy atom. The molecule has 0 saturated heterocycles. The van der Waals surface area contributed by atoms with Crippen LogP contribution in [0.4, 0.5) is 5.69 Å². The van der Waals surface area contributed by atoms with Gasteiger partial charge in [-0.15, -0.1) is 0 Å². The van der Waals surface area contributed by atoms with Crippen LogP contribution >= 0.6 is 0 Å². The molecule has 2 unspecified atom stereocenters. The van der Waals surface area contributed by atoms with Crippen LogP contribution in [0.1, 0.15) is 33.6 Å². The molecule has 0 fully saturated rings. The summed E-state index contributed by atoms with van der Waals surface area (Å²) in [7, 11) is 1.61. The maximum absolute atomic E-state index is 12.1. The summed E-state index contributed by atoms with van der Waals surface area (Å²) in [4.78, 5) is 12.1. The number of ether oxygens (including phenoxy) is 1. The number of aliphatic hydroxyl groups is 1. The molecule has 1 rings (SSSR count). The fourth-order valence-electron chi connectivity index (χ4n) is 2.34. The molecule has 0 heterocycles. The smallest absolute Gasteiger partial charge is 0.225 e. The van der Waals surface area contributed by atoms with Crippen LogP contribution < -0.4 is 15.4 Å². The largest absolute Gasteiger partial charge is 0.497 e. The fourth-order valence-corrected chi connectivity index (χ4v) is 2.34. The number of benzene rings is 1. The van der Waals surface area contributed by atoms with E-state index >= 15 is 0 Å². The first-order valence-corrected chi connectivity index (χ1v) is 7.77. The summed E-state index contributed by atoms with van der Waals surface area (Å²) in [5, 5.41) is 15.4. The molecule has 0 radical (unpaired) electrons. The van der Waals surface area contributed by atoms with E-state index in [1.807, 2.05) is 31.2 Å². The number of nitrogens with one attached hydrogen (secondary N) is 2. The molecule has 5 heteroatoms. The lowest BCUT2D eigenvalue weighted by molar-refractivity contribution is -0.116. The van der Waals surface area contributed by atoms with Gasteiger partial charge < -0.3 is 20.5 Å². The number of hydrogen-bond acceptors (Lipinski definition) is 4. The average Bonchev–Trinajstić information content (AvgIpc) is 2.47. The third kappa shape index (κ3) is 6.45. The molecule has 1 amide bonds. The second-order valence-electron chi connectivity index (χ2n) is 5.91. The zero-order chi connectivity index (χ0) is 16.5. The van der Waals surface area contributed by atoms with Gasteiger partial charge in [0.05, 0.1) is 7.11 Å². The van der Waals surface area contributed by atoms with Gasteiger partial charge >= 0.3 is 0 Å². The third-order valence-corrected chi connectivity index (χ3v) is 3.61. The lowest BCUT2D eigenvalue weighted by Crippen LogP contribution is -2.42. The van der Waals surface area contributed by atoms with E-state index in [2.05, 4.69) is 24.5 Å². The third-order valence-electron chi connectivity index (χ3n) is 3.61. The minimum atomic E-state index is -0.0309. The molecular formula is C17H28N2O3. The molecule has 0 saturated carbocycles. The highest BCUT2D eigenvalue weighted by Gasteiger charge is 2.17. The second kappa shape index (κ2) is 9.43. The molecule has 0 bridgehead atoms. The van der Waals surface area contributed by atoms with Crippen molar-refractivity contribution in [2.75, 3.05) is 19.0 Å². The normalized spacial score (nSPS) is 13.7. The van der Waals surface area contributed by atoms with Gasteiger partial charge in [-0.3, -0.25) is 4.79 Å². The summed E-state index contributed by atoms with van der Waals surface area (Å²) in [6.45, 7) is 6.36. The van der Waals surface area contributed by atoms with Gasteiger partial charge in [0.25, 0.3) is 0 Å². The molecular weight excluding hydrogens is 280 g/mol. The highest BCUT2D eigenvalue weighted by Crippen LogP contribution is 2.15. The van der Waals surface area contributed by atoms with Crippen molar-refractivity contribution in [3.05, 3.63) is 24.3 Å². The number of hydrogen-bond donors (Lipinski definition) is 3. The Morgan fingerprint density at radius 1 is 1.23 bits per heavy atom. The monoisotopic (exact) mass is 308 g/mol. The minimum Gasteiger partial charge on any atom is -0.497 e. The van der Waals surface area contributed by atoms with Crippen LogP contribution in [-0.4, -0.2) is 36.8 Å². The van der Waals surface area contributed by atoms with E-state index in [-0.39, 0.29) is 24.6 Å². The molecule has 3 N–H and O–H groups in total. The molecule has 2 atom stereocenters. The van der Waals surface area contributed by atoms with Crippen molar-refractivity contribution in [3.63, 3.8) is 0 Å². The lowest BCUT2D eigenvalue weighted by atomic mass is 10.00. The summed E-state index contributed by atoms with van der Waals surface area (Å²) in [6.07, 6.45) is 1.09. The lowest BCUT2D eigenvalue weighted by Gasteiger charge is -2.25. The molecule has 1 aromatic rings. The zero-order valence-electron chi connectivity index (χ0n) is 13.9. The summed E-state index contributed by atoms with van der Waals surface area (Å²) in [6, 6.07) is 7.53. The van der Waals surface area contributed by atoms with Gasteiger partial charge in [0.1, 0.15) is 5.75 Å². The second-order valence-corrected chi connectivity index (χ2v) is 5.91. The molecule has 1 aromatic carbocycles. The Kier molecular flexibility index (Phi) is 7.91. The van der Waals surface area contributed by atoms with Crippen molar-refractivity contribution in [2.45, 2.75) is 45.7 Å². The molecule has 0 aliphatic heterocycles. The number of amides is 1. The molecule has 0 spiro atoms. The Labute approximate surface area is 133 Å². The van der Waals surface area contributed by atoms with Crippen LogP contribution in [0.25, 0.3) is 0 Å². The van der Waals surface area contributed by atoms with E-state index in [9.17, 15) is 4.79 Å². The molecule has 5 nitrogen and oxygen atoms in total. The standard InChI is InChI=1S/C17H28N2O3/c1-12(2)16(9-10-20)18-13(3)11-17(21)19-14-5-7-15(22-4)8-6-14/h5-8,12-13,16,18,20H,9-11H2,1-4H3,(H,19,21). The first kappa shape index (κ1) is 18.5. The van der Waals surface area contributed by atoms with E-state index < -0.39 is 0 Å². The topological polar surface area (TPSA) is 70.6 Å². The molecule has 0 aliphatic rings. The Hall–Kier alpha value is -1.59. The molecule has 22 heavy (non-hydrogen) atoms. The van der Waals surface area contributed by atoms with Crippen LogP contribution in [0, 0.1) is 5.92 Å². The van der Waals surface area contributed by atoms with Crippen molar-refractivity contribution < 1.29 is 14.6 Å². The van der Waals surface area contributed by atoms with Crippen LogP contribution in [0.3, 0.4) is 0 Å². The van der Waals surface area contributed by atoms with Crippen molar-refractivity contribution in [1.29, 1.82) is 0 Å². The molecule has 0 aliphatic carbocycles. The van der Waals surface area contributed by atoms with Crippen LogP contribution in [0.5, 0.6) is 5.75 Å². The van der Waals surface area contributed by atoms with Crippen LogP contribution in [0.2, 0.25) is 0 Å². The van der Waals surface area contributed by atoms with Crippen LogP contribution in [0.15, 0.2) is 24.3 Å². The van der Waals surface area contributed by atoms with Gasteiger partial charge in [0, 0.05) is 30.8 Å². The Bertz CT molecular complexity index is 446. The van der Waals surface area contributed by atoms with E-state index in [1.54, 1.807) is 7.11 Å². The predicted octanol–water partition coefficient (Wildman–Crippen LogP) is 2.41. The van der Waals surface area contributed by atoms with Gasteiger partial charge in [0.2, 0.25) is 5.91 Å². The maximum Gasteiger partial charge on any atom is 0.225 e. The maximum atomic E-state index is 12.1. The van der Waals surface area contributed by atoms with E-state index in [0.29, 0.717) is 18.8 Å². The van der Waals surface area contributed by atoms with Gasteiger partial charge in [0.15, 0.2) is 0 Å². The zero-order valence-corrected chi connectivity index (χ0v) is 13.9. The SMILES string of the molecule is COc1ccc(NC(=O)CC(C)NC(CCO)C(C)C)cc1. The summed E-state index contributed by atoms with van der Waals surface area (Å²) in [5.74, 6) is 1.15. The quantitative estimate of drug-likeness (QED) is 0.655. The van der Waals surface area contributed by atoms with Gasteiger partial charge in [-0.2, -0.15) is 0 Å². The van der Waals surface area contributed by atoms with Crippen molar-refractivity contribution >= 4 is 11.6 Å². The van der Waals surface area contributed by atoms with Gasteiger partial charge in [-0.1, -0.05) is 13.8 Å². The van der Waals surface area contributed by atoms with Gasteiger partial charge in [-0.25, -0.2) is 0 Å². The van der Waals surface area contributed by atoms with Crippen molar-refractivity contribution in [3.8, 4) is 5.75 Å². The van der Waals surface area contributed by atoms with Gasteiger partial charge in [-0.05, 0) is 43.5 Å². The van der Waals surface area contributed by atoms with Crippen molar-refractivity contribution in [1.82, 2.24) is 5.32 Å². The number of carbonyl (C=O) groups is 1. The highest BCUT2D eigenvalue weighted by atomic mass is 16.5. The first-order valence-electron chi connectivity index (χ1n) is 7.77. The first-order chi connectivity index (χ1) is 10.5. The van der Waals surface area contributed by atoms with E-state index in [1.165, 1.54) is 0 Å². The number of rotatable bonds is 9. The number of methoxy groups -OCH3 is 1. The fraction of sp³-hybridized carbons (Fsp3) is 0.588. The van der Waals surface area contributed by atoms with Crippen molar-refractivity contribution in [2.24, 2.45) is 5.92 Å².